The van der Waals surface area contributed by atoms with Crippen molar-refractivity contribution in [2.24, 2.45) is 5.92 Å². The number of ether oxygens (including phenoxy) is 1. The fraction of sp³-hybridized carbons (Fsp3) is 0.533. The highest BCUT2D eigenvalue weighted by Gasteiger charge is 2.26. The number of urea groups is 1. The van der Waals surface area contributed by atoms with Crippen LogP contribution < -0.4 is 10.1 Å². The number of hydrogen-bond acceptors (Lipinski definition) is 3. The van der Waals surface area contributed by atoms with Crippen LogP contribution in [0.4, 0.5) is 14.9 Å². The Bertz CT molecular complexity index is 534. The Hall–Kier alpha value is -1.82. The van der Waals surface area contributed by atoms with E-state index in [0.29, 0.717) is 43.5 Å². The third-order valence-electron chi connectivity index (χ3n) is 3.81. The number of aliphatic hydroxyl groups excluding tert-OH is 1. The number of hydrogen-bond donors (Lipinski definition) is 2. The molecular formula is C15H19FN2O3. The Morgan fingerprint density at radius 3 is 2.90 bits per heavy atom. The summed E-state index contributed by atoms with van der Waals surface area (Å²) in [6, 6.07) is 3.78. The van der Waals surface area contributed by atoms with Crippen molar-refractivity contribution in [2.75, 3.05) is 25.0 Å². The van der Waals surface area contributed by atoms with Gasteiger partial charge in [0, 0.05) is 19.2 Å². The Morgan fingerprint density at radius 2 is 2.24 bits per heavy atom. The van der Waals surface area contributed by atoms with Crippen molar-refractivity contribution in [3.05, 3.63) is 24.0 Å². The number of carbonyl (C=O) groups is 1. The molecule has 2 fully saturated rings. The Balaban J connectivity index is 1.66. The molecule has 1 aliphatic heterocycles. The van der Waals surface area contributed by atoms with E-state index >= 15 is 0 Å². The summed E-state index contributed by atoms with van der Waals surface area (Å²) in [6.07, 6.45) is 2.40. The van der Waals surface area contributed by atoms with Crippen LogP contribution in [-0.2, 0) is 0 Å². The van der Waals surface area contributed by atoms with Crippen LogP contribution in [0.1, 0.15) is 19.3 Å². The molecule has 5 nitrogen and oxygen atoms in total. The van der Waals surface area contributed by atoms with Crippen molar-refractivity contribution in [1.29, 1.82) is 0 Å². The lowest BCUT2D eigenvalue weighted by atomic mass is 10.3. The van der Waals surface area contributed by atoms with E-state index in [2.05, 4.69) is 5.32 Å². The van der Waals surface area contributed by atoms with E-state index in [1.54, 1.807) is 4.90 Å². The summed E-state index contributed by atoms with van der Waals surface area (Å²) in [5, 5.41) is 12.2. The molecule has 0 spiro atoms. The summed E-state index contributed by atoms with van der Waals surface area (Å²) in [6.45, 7) is 1.40. The number of nitrogens with zero attached hydrogens (tertiary/aromatic N) is 1. The Labute approximate surface area is 122 Å². The van der Waals surface area contributed by atoms with Gasteiger partial charge in [-0.3, -0.25) is 0 Å². The average Bonchev–Trinajstić information content (AvgIpc) is 3.19. The van der Waals surface area contributed by atoms with Gasteiger partial charge in [0.05, 0.1) is 18.4 Å². The lowest BCUT2D eigenvalue weighted by molar-refractivity contribution is 0.176. The van der Waals surface area contributed by atoms with E-state index in [9.17, 15) is 14.3 Å². The van der Waals surface area contributed by atoms with Crippen molar-refractivity contribution in [1.82, 2.24) is 4.90 Å². The number of nitrogens with one attached hydrogen (secondary N) is 1. The number of rotatable bonds is 4. The third-order valence-corrected chi connectivity index (χ3v) is 3.81. The van der Waals surface area contributed by atoms with Crippen LogP contribution in [0.5, 0.6) is 5.75 Å². The standard InChI is InChI=1S/C15H19FN2O3/c16-11-3-4-13(14(7-11)21-9-10-1-2-10)17-15(20)18-6-5-12(19)8-18/h3-4,7,10,12,19H,1-2,5-6,8-9H2,(H,17,20)/t12-/m1/s1. The normalized spacial score (nSPS) is 21.4. The molecule has 2 amide bonds. The lowest BCUT2D eigenvalue weighted by Crippen LogP contribution is -2.33. The molecule has 2 aliphatic rings. The fourth-order valence-corrected chi connectivity index (χ4v) is 2.33. The van der Waals surface area contributed by atoms with Crippen LogP contribution in [0, 0.1) is 11.7 Å². The quantitative estimate of drug-likeness (QED) is 0.895. The van der Waals surface area contributed by atoms with E-state index < -0.39 is 11.9 Å². The van der Waals surface area contributed by atoms with Gasteiger partial charge < -0.3 is 20.1 Å². The number of amides is 2. The maximum atomic E-state index is 13.3. The summed E-state index contributed by atoms with van der Waals surface area (Å²) in [7, 11) is 0. The molecule has 3 rings (SSSR count). The fourth-order valence-electron chi connectivity index (χ4n) is 2.33. The highest BCUT2D eigenvalue weighted by molar-refractivity contribution is 5.91. The number of carbonyl (C=O) groups excluding carboxylic acids is 1. The summed E-state index contributed by atoms with van der Waals surface area (Å²) < 4.78 is 18.9. The number of β-amino-alcohol motifs (C(OH)–C–C–N with tert-alkyl or cyclic N) is 1. The predicted octanol–water partition coefficient (Wildman–Crippen LogP) is 2.21. The van der Waals surface area contributed by atoms with E-state index in [1.165, 1.54) is 18.2 Å². The van der Waals surface area contributed by atoms with Crippen molar-refractivity contribution >= 4 is 11.7 Å². The number of halogens is 1. The van der Waals surface area contributed by atoms with Crippen molar-refractivity contribution in [2.45, 2.75) is 25.4 Å². The molecule has 1 atom stereocenters. The van der Waals surface area contributed by atoms with E-state index in [1.807, 2.05) is 0 Å². The SMILES string of the molecule is O=C(Nc1ccc(F)cc1OCC1CC1)N1CC[C@@H](O)C1. The largest absolute Gasteiger partial charge is 0.491 e. The molecule has 114 valence electrons. The zero-order valence-electron chi connectivity index (χ0n) is 11.7. The van der Waals surface area contributed by atoms with E-state index in [4.69, 9.17) is 4.74 Å². The van der Waals surface area contributed by atoms with Gasteiger partial charge >= 0.3 is 6.03 Å². The van der Waals surface area contributed by atoms with Crippen molar-refractivity contribution < 1.29 is 19.0 Å². The monoisotopic (exact) mass is 294 g/mol. The second-order valence-corrected chi connectivity index (χ2v) is 5.71. The summed E-state index contributed by atoms with van der Waals surface area (Å²) in [4.78, 5) is 13.6. The molecule has 1 saturated carbocycles. The van der Waals surface area contributed by atoms with Crippen LogP contribution in [0.2, 0.25) is 0 Å². The number of anilines is 1. The minimum atomic E-state index is -0.463. The van der Waals surface area contributed by atoms with Gasteiger partial charge in [-0.05, 0) is 37.3 Å². The van der Waals surface area contributed by atoms with E-state index in [0.717, 1.165) is 12.8 Å². The van der Waals surface area contributed by atoms with Gasteiger partial charge in [-0.15, -0.1) is 0 Å². The van der Waals surface area contributed by atoms with Gasteiger partial charge in [-0.2, -0.15) is 0 Å². The molecule has 0 unspecified atom stereocenters. The summed E-state index contributed by atoms with van der Waals surface area (Å²) >= 11 is 0. The Morgan fingerprint density at radius 1 is 1.43 bits per heavy atom. The molecule has 1 saturated heterocycles. The van der Waals surface area contributed by atoms with Crippen molar-refractivity contribution in [3.63, 3.8) is 0 Å². The number of aliphatic hydroxyl groups is 1. The highest BCUT2D eigenvalue weighted by atomic mass is 19.1. The molecule has 1 heterocycles. The predicted molar refractivity (Wildman–Crippen MR) is 75.8 cm³/mol. The number of likely N-dealkylation sites (tertiary alicyclic amines) is 1. The molecule has 6 heteroatoms. The molecule has 0 bridgehead atoms. The van der Waals surface area contributed by atoms with Gasteiger partial charge in [0.2, 0.25) is 0 Å². The molecule has 0 radical (unpaired) electrons. The van der Waals surface area contributed by atoms with Gasteiger partial charge in [-0.25, -0.2) is 9.18 Å². The number of benzene rings is 1. The van der Waals surface area contributed by atoms with Crippen LogP contribution in [-0.4, -0.2) is 41.8 Å². The molecule has 0 aromatic heterocycles. The maximum absolute atomic E-state index is 13.3. The van der Waals surface area contributed by atoms with Crippen LogP contribution >= 0.6 is 0 Å². The van der Waals surface area contributed by atoms with Gasteiger partial charge in [0.1, 0.15) is 11.6 Å². The average molecular weight is 294 g/mol. The highest BCUT2D eigenvalue weighted by Crippen LogP contribution is 2.32. The first-order valence-electron chi connectivity index (χ1n) is 7.28. The second kappa shape index (κ2) is 5.89. The van der Waals surface area contributed by atoms with Crippen molar-refractivity contribution in [3.8, 4) is 5.75 Å². The van der Waals surface area contributed by atoms with Gasteiger partial charge in [0.15, 0.2) is 0 Å². The topological polar surface area (TPSA) is 61.8 Å². The molecule has 1 aromatic carbocycles. The second-order valence-electron chi connectivity index (χ2n) is 5.71. The molecule has 1 aliphatic carbocycles. The first-order chi connectivity index (χ1) is 10.1. The van der Waals surface area contributed by atoms with Crippen LogP contribution in [0.15, 0.2) is 18.2 Å². The lowest BCUT2D eigenvalue weighted by Gasteiger charge is -2.18. The zero-order valence-corrected chi connectivity index (χ0v) is 11.7. The smallest absolute Gasteiger partial charge is 0.322 e. The van der Waals surface area contributed by atoms with Crippen LogP contribution in [0.25, 0.3) is 0 Å². The first-order valence-corrected chi connectivity index (χ1v) is 7.28. The van der Waals surface area contributed by atoms with Gasteiger partial charge in [0.25, 0.3) is 0 Å². The minimum Gasteiger partial charge on any atom is -0.491 e. The maximum Gasteiger partial charge on any atom is 0.322 e. The van der Waals surface area contributed by atoms with E-state index in [-0.39, 0.29) is 6.03 Å². The zero-order chi connectivity index (χ0) is 14.8. The summed E-state index contributed by atoms with van der Waals surface area (Å²) in [5.74, 6) is 0.510. The molecule has 1 aromatic rings. The first kappa shape index (κ1) is 14.1. The molecule has 21 heavy (non-hydrogen) atoms. The third kappa shape index (κ3) is 3.64. The Kier molecular flexibility index (Phi) is 3.96. The molecular weight excluding hydrogens is 275 g/mol. The van der Waals surface area contributed by atoms with Crippen LogP contribution in [0.3, 0.4) is 0 Å². The van der Waals surface area contributed by atoms with Gasteiger partial charge in [-0.1, -0.05) is 0 Å². The minimum absolute atomic E-state index is 0.297. The summed E-state index contributed by atoms with van der Waals surface area (Å²) in [5.41, 5.74) is 0.462. The molecule has 2 N–H and O–H groups in total.